The fourth-order valence-corrected chi connectivity index (χ4v) is 7.46. The molecule has 0 aliphatic carbocycles. The second kappa shape index (κ2) is 8.82. The zero-order chi connectivity index (χ0) is 28.8. The second-order valence-electron chi connectivity index (χ2n) is 11.6. The van der Waals surface area contributed by atoms with Crippen molar-refractivity contribution in [1.82, 2.24) is 0 Å². The Morgan fingerprint density at radius 3 is 1.57 bits per heavy atom. The average Bonchev–Trinajstić information content (AvgIpc) is 3.66. The Bertz CT molecular complexity index is 2720. The smallest absolute Gasteiger partial charge is 0.143 e. The summed E-state index contributed by atoms with van der Waals surface area (Å²) < 4.78 is 13.1. The number of fused-ring (bicyclic) bond motifs is 10. The highest BCUT2D eigenvalue weighted by molar-refractivity contribution is 6.28. The number of para-hydroxylation sites is 2. The van der Waals surface area contributed by atoms with E-state index in [2.05, 4.69) is 140 Å². The molecule has 0 N–H and O–H groups in total. The van der Waals surface area contributed by atoms with Gasteiger partial charge < -0.3 is 8.83 Å². The van der Waals surface area contributed by atoms with Crippen LogP contribution in [-0.4, -0.2) is 0 Å². The highest BCUT2D eigenvalue weighted by Crippen LogP contribution is 2.49. The Kier molecular flexibility index (Phi) is 4.75. The summed E-state index contributed by atoms with van der Waals surface area (Å²) >= 11 is 0. The van der Waals surface area contributed by atoms with Crippen LogP contribution in [0.4, 0.5) is 0 Å². The lowest BCUT2D eigenvalue weighted by Crippen LogP contribution is -1.91. The molecule has 0 atom stereocenters. The second-order valence-corrected chi connectivity index (χ2v) is 11.6. The lowest BCUT2D eigenvalue weighted by atomic mass is 9.84. The lowest BCUT2D eigenvalue weighted by Gasteiger charge is -2.18. The van der Waals surface area contributed by atoms with Crippen LogP contribution in [0.5, 0.6) is 0 Å². The van der Waals surface area contributed by atoms with E-state index in [4.69, 9.17) is 8.83 Å². The van der Waals surface area contributed by atoms with Gasteiger partial charge in [-0.15, -0.1) is 0 Å². The molecule has 0 radical (unpaired) electrons. The Hall–Kier alpha value is -5.86. The minimum absolute atomic E-state index is 0.903. The molecule has 0 aliphatic heterocycles. The van der Waals surface area contributed by atoms with Gasteiger partial charge in [0.1, 0.15) is 22.3 Å². The lowest BCUT2D eigenvalue weighted by molar-refractivity contribution is 0.669. The molecule has 0 aliphatic rings. The van der Waals surface area contributed by atoms with Crippen molar-refractivity contribution in [3.05, 3.63) is 146 Å². The fourth-order valence-electron chi connectivity index (χ4n) is 7.46. The van der Waals surface area contributed by atoms with E-state index >= 15 is 0 Å². The molecule has 0 fully saturated rings. The number of rotatable bonds is 2. The van der Waals surface area contributed by atoms with Crippen LogP contribution in [0.1, 0.15) is 0 Å². The summed E-state index contributed by atoms with van der Waals surface area (Å²) in [5.74, 6) is 0. The third-order valence-electron chi connectivity index (χ3n) is 9.26. The van der Waals surface area contributed by atoms with Crippen LogP contribution >= 0.6 is 0 Å². The molecule has 2 nitrogen and oxygen atoms in total. The topological polar surface area (TPSA) is 26.3 Å². The zero-order valence-corrected chi connectivity index (χ0v) is 23.7. The van der Waals surface area contributed by atoms with Crippen LogP contribution < -0.4 is 0 Å². The van der Waals surface area contributed by atoms with Crippen molar-refractivity contribution in [2.75, 3.05) is 0 Å². The van der Waals surface area contributed by atoms with E-state index < -0.39 is 0 Å². The summed E-state index contributed by atoms with van der Waals surface area (Å²) in [6.45, 7) is 0. The van der Waals surface area contributed by atoms with E-state index in [0.717, 1.165) is 44.1 Å². The van der Waals surface area contributed by atoms with Gasteiger partial charge in [-0.25, -0.2) is 0 Å². The van der Waals surface area contributed by atoms with Crippen molar-refractivity contribution >= 4 is 76.2 Å². The maximum absolute atomic E-state index is 6.74. The first-order chi connectivity index (χ1) is 21.8. The standard InChI is InChI=1S/C42H24O2/c1-2-12-26-25(11-1)23-24-37-40(26)34-20-9-19-33(42(34)44-37)39-29-15-5-3-13-27(29)38(28-14-4-6-16-30(28)39)32-18-10-22-36-41(32)31-17-7-8-21-35(31)43-36/h1-24H. The molecule has 0 bridgehead atoms. The van der Waals surface area contributed by atoms with Crippen molar-refractivity contribution in [1.29, 1.82) is 0 Å². The molecule has 2 heterocycles. The third kappa shape index (κ3) is 3.14. The van der Waals surface area contributed by atoms with E-state index in [0.29, 0.717) is 0 Å². The molecule has 10 aromatic rings. The number of hydrogen-bond acceptors (Lipinski definition) is 2. The van der Waals surface area contributed by atoms with Gasteiger partial charge in [0.25, 0.3) is 0 Å². The van der Waals surface area contributed by atoms with E-state index in [1.165, 1.54) is 54.4 Å². The summed E-state index contributed by atoms with van der Waals surface area (Å²) in [6.07, 6.45) is 0. The van der Waals surface area contributed by atoms with Crippen LogP contribution in [0.3, 0.4) is 0 Å². The molecular weight excluding hydrogens is 536 g/mol. The van der Waals surface area contributed by atoms with Crippen molar-refractivity contribution in [3.63, 3.8) is 0 Å². The molecule has 2 aromatic heterocycles. The molecule has 0 saturated heterocycles. The highest BCUT2D eigenvalue weighted by atomic mass is 16.3. The zero-order valence-electron chi connectivity index (χ0n) is 23.7. The van der Waals surface area contributed by atoms with Crippen LogP contribution in [0.2, 0.25) is 0 Å². The van der Waals surface area contributed by atoms with Crippen LogP contribution in [0.15, 0.2) is 154 Å². The molecule has 0 unspecified atom stereocenters. The van der Waals surface area contributed by atoms with Crippen LogP contribution in [-0.2, 0) is 0 Å². The predicted octanol–water partition coefficient (Wildman–Crippen LogP) is 12.3. The van der Waals surface area contributed by atoms with E-state index in [-0.39, 0.29) is 0 Å². The van der Waals surface area contributed by atoms with Gasteiger partial charge in [0, 0.05) is 32.7 Å². The minimum Gasteiger partial charge on any atom is -0.456 e. The van der Waals surface area contributed by atoms with Gasteiger partial charge in [-0.05, 0) is 61.6 Å². The third-order valence-corrected chi connectivity index (χ3v) is 9.26. The van der Waals surface area contributed by atoms with Crippen molar-refractivity contribution < 1.29 is 8.83 Å². The van der Waals surface area contributed by atoms with Crippen LogP contribution in [0, 0.1) is 0 Å². The van der Waals surface area contributed by atoms with Crippen molar-refractivity contribution in [3.8, 4) is 22.3 Å². The van der Waals surface area contributed by atoms with Crippen LogP contribution in [0.25, 0.3) is 98.4 Å². The minimum atomic E-state index is 0.903. The maximum atomic E-state index is 6.74. The summed E-state index contributed by atoms with van der Waals surface area (Å²) in [7, 11) is 0. The highest BCUT2D eigenvalue weighted by Gasteiger charge is 2.22. The van der Waals surface area contributed by atoms with Crippen molar-refractivity contribution in [2.24, 2.45) is 0 Å². The van der Waals surface area contributed by atoms with Gasteiger partial charge in [0.15, 0.2) is 0 Å². The van der Waals surface area contributed by atoms with Gasteiger partial charge in [-0.3, -0.25) is 0 Å². The largest absolute Gasteiger partial charge is 0.456 e. The van der Waals surface area contributed by atoms with Gasteiger partial charge in [0.05, 0.1) is 0 Å². The SMILES string of the molecule is c1ccc2c(c1)ccc1oc3c(-c4c5ccccc5c(-c5cccc6oc7ccccc7c56)c5ccccc45)cccc3c12. The summed E-state index contributed by atoms with van der Waals surface area (Å²) in [5.41, 5.74) is 8.34. The van der Waals surface area contributed by atoms with E-state index in [1.54, 1.807) is 0 Å². The molecule has 204 valence electrons. The van der Waals surface area contributed by atoms with E-state index in [9.17, 15) is 0 Å². The molecule has 0 saturated carbocycles. The van der Waals surface area contributed by atoms with Gasteiger partial charge in [-0.2, -0.15) is 0 Å². The molecule has 0 spiro atoms. The van der Waals surface area contributed by atoms with E-state index in [1.807, 2.05) is 6.07 Å². The van der Waals surface area contributed by atoms with Gasteiger partial charge in [0.2, 0.25) is 0 Å². The Balaban J connectivity index is 1.37. The molecule has 44 heavy (non-hydrogen) atoms. The number of benzene rings is 8. The molecule has 10 rings (SSSR count). The Morgan fingerprint density at radius 1 is 0.295 bits per heavy atom. The van der Waals surface area contributed by atoms with Gasteiger partial charge >= 0.3 is 0 Å². The maximum Gasteiger partial charge on any atom is 0.143 e. The predicted molar refractivity (Wildman–Crippen MR) is 184 cm³/mol. The van der Waals surface area contributed by atoms with Crippen molar-refractivity contribution in [2.45, 2.75) is 0 Å². The molecule has 8 aromatic carbocycles. The molecule has 0 amide bonds. The summed E-state index contributed by atoms with van der Waals surface area (Å²) in [4.78, 5) is 0. The number of hydrogen-bond donors (Lipinski definition) is 0. The Labute approximate surface area is 252 Å². The summed E-state index contributed by atoms with van der Waals surface area (Å²) in [6, 6.07) is 51.8. The first kappa shape index (κ1) is 23.7. The fraction of sp³-hybridized carbons (Fsp3) is 0. The number of furan rings is 2. The Morgan fingerprint density at radius 2 is 0.818 bits per heavy atom. The molecular formula is C42H24O2. The first-order valence-corrected chi connectivity index (χ1v) is 15.0. The first-order valence-electron chi connectivity index (χ1n) is 15.0. The quantitative estimate of drug-likeness (QED) is 0.197. The summed E-state index contributed by atoms with van der Waals surface area (Å²) in [5, 5.41) is 11.8. The van der Waals surface area contributed by atoms with Gasteiger partial charge in [-0.1, -0.05) is 127 Å². The monoisotopic (exact) mass is 560 g/mol. The molecule has 2 heteroatoms. The normalized spacial score (nSPS) is 12.1. The average molecular weight is 561 g/mol.